The maximum atomic E-state index is 12.6. The molecule has 0 bridgehead atoms. The standard InChI is InChI=1S/C15H14N4O4S.C15H13N3O4S.C2H6.2H2/c1-10-14(11(2)23-18-10)24(21,22)19-8-6-12(9-19)17-15(20)13-5-3-4-7-16-13;1-11-5-6-14(22-11)23(20,21)18-9-7-12(10-18)17-15(19)13-4-2-3-8-16-13;1-2;;/h3-9H,1-2H3,(H,17,20);2-10H,1H3,(H,17,19);1-2H3;2*1H. The molecule has 6 aromatic rings. The molecule has 6 aromatic heterocycles. The van der Waals surface area contributed by atoms with Crippen LogP contribution in [0.25, 0.3) is 0 Å². The number of rotatable bonds is 8. The number of nitrogens with one attached hydrogen (secondary N) is 2. The van der Waals surface area contributed by atoms with Crippen LogP contribution in [-0.4, -0.2) is 51.7 Å². The van der Waals surface area contributed by atoms with Crippen LogP contribution in [0.3, 0.4) is 0 Å². The van der Waals surface area contributed by atoms with Crippen molar-refractivity contribution in [3.05, 3.63) is 126 Å². The van der Waals surface area contributed by atoms with Gasteiger partial charge in [-0.1, -0.05) is 31.1 Å². The largest absolute Gasteiger partial charge is 0.448 e. The van der Waals surface area contributed by atoms with Gasteiger partial charge in [-0.25, -0.2) is 16.4 Å². The molecular weight excluding hydrogens is 675 g/mol. The highest BCUT2D eigenvalue weighted by Gasteiger charge is 2.26. The van der Waals surface area contributed by atoms with Gasteiger partial charge in [0, 0.05) is 40.0 Å². The first-order valence-corrected chi connectivity index (χ1v) is 17.6. The molecule has 49 heavy (non-hydrogen) atoms. The van der Waals surface area contributed by atoms with Gasteiger partial charge in [0.15, 0.2) is 10.7 Å². The number of amides is 2. The molecule has 0 fully saturated rings. The Labute approximate surface area is 285 Å². The first kappa shape index (κ1) is 36.0. The van der Waals surface area contributed by atoms with Gasteiger partial charge >= 0.3 is 10.0 Å². The van der Waals surface area contributed by atoms with E-state index in [1.54, 1.807) is 56.3 Å². The van der Waals surface area contributed by atoms with Crippen molar-refractivity contribution in [2.24, 2.45) is 0 Å². The van der Waals surface area contributed by atoms with Crippen molar-refractivity contribution in [1.82, 2.24) is 23.1 Å². The molecule has 2 N–H and O–H groups in total. The maximum absolute atomic E-state index is 12.6. The zero-order valence-corrected chi connectivity index (χ0v) is 28.7. The lowest BCUT2D eigenvalue weighted by atomic mass is 10.3. The monoisotopic (exact) mass is 711 g/mol. The third-order valence-electron chi connectivity index (χ3n) is 6.40. The number of pyridine rings is 2. The molecule has 17 heteroatoms. The minimum absolute atomic E-state index is 0. The van der Waals surface area contributed by atoms with Gasteiger partial charge in [0.2, 0.25) is 5.09 Å². The number of carbonyl (C=O) groups excluding carboxylic acids is 2. The van der Waals surface area contributed by atoms with Crippen molar-refractivity contribution >= 4 is 43.2 Å². The summed E-state index contributed by atoms with van der Waals surface area (Å²) >= 11 is 0. The molecule has 0 unspecified atom stereocenters. The Bertz CT molecular complexity index is 2250. The fourth-order valence-electron chi connectivity index (χ4n) is 4.19. The van der Waals surface area contributed by atoms with E-state index < -0.39 is 31.9 Å². The Morgan fingerprint density at radius 1 is 0.714 bits per heavy atom. The minimum Gasteiger partial charge on any atom is -0.448 e. The van der Waals surface area contributed by atoms with Gasteiger partial charge in [-0.2, -0.15) is 8.42 Å². The molecule has 15 nitrogen and oxygen atoms in total. The van der Waals surface area contributed by atoms with Crippen LogP contribution >= 0.6 is 0 Å². The highest BCUT2D eigenvalue weighted by Crippen LogP contribution is 2.24. The summed E-state index contributed by atoms with van der Waals surface area (Å²) in [4.78, 5) is 31.9. The molecule has 0 aliphatic rings. The van der Waals surface area contributed by atoms with Crippen molar-refractivity contribution in [2.75, 3.05) is 10.6 Å². The van der Waals surface area contributed by atoms with E-state index in [4.69, 9.17) is 8.94 Å². The lowest BCUT2D eigenvalue weighted by Crippen LogP contribution is -2.14. The van der Waals surface area contributed by atoms with Crippen LogP contribution in [0.2, 0.25) is 0 Å². The topological polar surface area (TPSA) is 201 Å². The third-order valence-corrected chi connectivity index (χ3v) is 9.79. The quantitative estimate of drug-likeness (QED) is 0.194. The third kappa shape index (κ3) is 8.38. The Balaban J connectivity index is 0.000000325. The Morgan fingerprint density at radius 2 is 1.22 bits per heavy atom. The van der Waals surface area contributed by atoms with Crippen LogP contribution in [0, 0.1) is 20.8 Å². The number of anilines is 2. The Morgan fingerprint density at radius 3 is 1.63 bits per heavy atom. The minimum atomic E-state index is -3.84. The summed E-state index contributed by atoms with van der Waals surface area (Å²) in [5.41, 5.74) is 1.43. The van der Waals surface area contributed by atoms with E-state index in [1.807, 2.05) is 13.8 Å². The fourth-order valence-corrected chi connectivity index (χ4v) is 6.84. The number of aromatic nitrogens is 5. The number of nitrogens with zero attached hydrogens (tertiary/aromatic N) is 5. The summed E-state index contributed by atoms with van der Waals surface area (Å²) in [5, 5.41) is 8.69. The average molecular weight is 712 g/mol. The molecule has 0 saturated carbocycles. The van der Waals surface area contributed by atoms with Gasteiger partial charge in [-0.3, -0.25) is 19.6 Å². The second kappa shape index (κ2) is 15.4. The van der Waals surface area contributed by atoms with E-state index in [-0.39, 0.29) is 35.7 Å². The molecule has 0 spiro atoms. The van der Waals surface area contributed by atoms with E-state index in [9.17, 15) is 26.4 Å². The molecule has 0 aromatic carbocycles. The predicted octanol–water partition coefficient (Wildman–Crippen LogP) is 5.77. The van der Waals surface area contributed by atoms with Crippen molar-refractivity contribution in [3.63, 3.8) is 0 Å². The van der Waals surface area contributed by atoms with Gasteiger partial charge in [-0.05, 0) is 69.3 Å². The lowest BCUT2D eigenvalue weighted by molar-refractivity contribution is 0.101. The number of furan rings is 1. The zero-order chi connectivity index (χ0) is 35.8. The van der Waals surface area contributed by atoms with Gasteiger partial charge in [0.25, 0.3) is 21.8 Å². The van der Waals surface area contributed by atoms with E-state index >= 15 is 0 Å². The van der Waals surface area contributed by atoms with E-state index in [2.05, 4.69) is 25.8 Å². The molecule has 6 heterocycles. The van der Waals surface area contributed by atoms with Gasteiger partial charge in [0.05, 0.1) is 11.4 Å². The summed E-state index contributed by atoms with van der Waals surface area (Å²) in [6.07, 6.45) is 8.29. The Hall–Kier alpha value is -5.81. The zero-order valence-electron chi connectivity index (χ0n) is 27.1. The molecule has 260 valence electrons. The summed E-state index contributed by atoms with van der Waals surface area (Å²) < 4.78 is 62.1. The second-order valence-electron chi connectivity index (χ2n) is 9.83. The van der Waals surface area contributed by atoms with Crippen LogP contribution in [0.1, 0.15) is 54.9 Å². The molecule has 0 saturated heterocycles. The van der Waals surface area contributed by atoms with E-state index in [0.717, 1.165) is 7.94 Å². The molecule has 2 amide bonds. The number of carbonyl (C=O) groups is 2. The molecular formula is C32H37N7O8S2. The summed E-state index contributed by atoms with van der Waals surface area (Å²) in [5.74, 6) is -0.141. The molecule has 0 radical (unpaired) electrons. The van der Waals surface area contributed by atoms with Crippen molar-refractivity contribution in [3.8, 4) is 0 Å². The van der Waals surface area contributed by atoms with Gasteiger partial charge in [-0.15, -0.1) is 0 Å². The smallest absolute Gasteiger partial charge is 0.301 e. The highest BCUT2D eigenvalue weighted by atomic mass is 32.2. The highest BCUT2D eigenvalue weighted by molar-refractivity contribution is 7.90. The lowest BCUT2D eigenvalue weighted by Gasteiger charge is -2.05. The van der Waals surface area contributed by atoms with Crippen molar-refractivity contribution in [1.29, 1.82) is 0 Å². The maximum Gasteiger partial charge on any atom is 0.301 e. The first-order valence-electron chi connectivity index (χ1n) is 14.7. The van der Waals surface area contributed by atoms with Crippen molar-refractivity contribution < 1.29 is 38.2 Å². The van der Waals surface area contributed by atoms with E-state index in [1.165, 1.54) is 62.3 Å². The SMILES string of the molecule is CC.Cc1ccc(S(=O)(=O)n2ccc(NC(=O)c3ccccn3)c2)o1.Cc1noc(C)c1S(=O)(=O)n1ccc(NC(=O)c2ccccn2)c1.[HH].[HH]. The van der Waals surface area contributed by atoms with Crippen molar-refractivity contribution in [2.45, 2.75) is 44.6 Å². The number of hydrogen-bond acceptors (Lipinski definition) is 11. The molecule has 6 rings (SSSR count). The predicted molar refractivity (Wildman–Crippen MR) is 183 cm³/mol. The van der Waals surface area contributed by atoms with Crippen LogP contribution in [0.4, 0.5) is 11.4 Å². The van der Waals surface area contributed by atoms with Crippen LogP contribution in [-0.2, 0) is 20.0 Å². The second-order valence-corrected chi connectivity index (χ2v) is 13.4. The van der Waals surface area contributed by atoms with Crippen LogP contribution < -0.4 is 10.6 Å². The average Bonchev–Trinajstić information content (AvgIpc) is 3.92. The van der Waals surface area contributed by atoms with Crippen LogP contribution in [0.5, 0.6) is 0 Å². The summed E-state index contributed by atoms with van der Waals surface area (Å²) in [6, 6.07) is 15.8. The summed E-state index contributed by atoms with van der Waals surface area (Å²) in [6.45, 7) is 8.74. The molecule has 0 aliphatic heterocycles. The van der Waals surface area contributed by atoms with Gasteiger partial charge < -0.3 is 19.6 Å². The number of aryl methyl sites for hydroxylation is 3. The fraction of sp³-hybridized carbons (Fsp3) is 0.156. The van der Waals surface area contributed by atoms with Crippen LogP contribution in [0.15, 0.2) is 117 Å². The normalized spacial score (nSPS) is 11.0. The molecule has 0 aliphatic carbocycles. The van der Waals surface area contributed by atoms with E-state index in [0.29, 0.717) is 17.1 Å². The van der Waals surface area contributed by atoms with Gasteiger partial charge in [0.1, 0.15) is 22.8 Å². The number of hydrogen-bond donors (Lipinski definition) is 2. The molecule has 0 atom stereocenters. The Kier molecular flexibility index (Phi) is 11.3. The first-order chi connectivity index (χ1) is 23.4. The summed E-state index contributed by atoms with van der Waals surface area (Å²) in [7, 11) is -7.66.